The van der Waals surface area contributed by atoms with E-state index in [1.165, 1.54) is 26.3 Å². The van der Waals surface area contributed by atoms with E-state index in [0.29, 0.717) is 12.4 Å². The molecule has 2 heterocycles. The number of para-hydroxylation sites is 1. The SMILES string of the molecule is COc1ccnc(C(=O)N[C@H]2CCOC[C@H](Oc3ccccc3)[C@@H](OCC(C)C)[C@H](C)OC2=O)c1OCOC(C)=O. The normalized spacial score (nSPS) is 21.4. The molecule has 1 aliphatic rings. The molecule has 1 saturated heterocycles. The smallest absolute Gasteiger partial charge is 0.329 e. The lowest BCUT2D eigenvalue weighted by Crippen LogP contribution is -2.51. The van der Waals surface area contributed by atoms with Gasteiger partial charge in [0.05, 0.1) is 13.7 Å². The van der Waals surface area contributed by atoms with Crippen molar-refractivity contribution in [3.8, 4) is 17.2 Å². The van der Waals surface area contributed by atoms with E-state index in [2.05, 4.69) is 10.3 Å². The first kappa shape index (κ1) is 31.6. The summed E-state index contributed by atoms with van der Waals surface area (Å²) < 4.78 is 39.6. The molecule has 3 rings (SSSR count). The van der Waals surface area contributed by atoms with Crippen molar-refractivity contribution in [2.45, 2.75) is 58.5 Å². The largest absolute Gasteiger partial charge is 0.493 e. The summed E-state index contributed by atoms with van der Waals surface area (Å²) in [7, 11) is 1.39. The van der Waals surface area contributed by atoms with E-state index >= 15 is 0 Å². The Balaban J connectivity index is 1.77. The van der Waals surface area contributed by atoms with Crippen molar-refractivity contribution in [2.75, 3.05) is 33.7 Å². The molecule has 1 amide bonds. The molecular formula is C29H38N2O10. The number of methoxy groups -OCH3 is 1. The molecule has 1 aliphatic heterocycles. The van der Waals surface area contributed by atoms with Crippen LogP contribution in [0.4, 0.5) is 0 Å². The molecule has 0 spiro atoms. The highest BCUT2D eigenvalue weighted by Gasteiger charge is 2.36. The summed E-state index contributed by atoms with van der Waals surface area (Å²) in [5.41, 5.74) is -0.162. The van der Waals surface area contributed by atoms with Crippen LogP contribution in [0.5, 0.6) is 17.2 Å². The summed E-state index contributed by atoms with van der Waals surface area (Å²) >= 11 is 0. The Morgan fingerprint density at radius 2 is 1.93 bits per heavy atom. The number of benzene rings is 1. The van der Waals surface area contributed by atoms with E-state index in [0.717, 1.165) is 0 Å². The predicted molar refractivity (Wildman–Crippen MR) is 146 cm³/mol. The second-order valence-corrected chi connectivity index (χ2v) is 9.78. The second kappa shape index (κ2) is 15.8. The number of rotatable bonds is 11. The van der Waals surface area contributed by atoms with Crippen LogP contribution in [0, 0.1) is 5.92 Å². The predicted octanol–water partition coefficient (Wildman–Crippen LogP) is 2.93. The van der Waals surface area contributed by atoms with Gasteiger partial charge in [-0.25, -0.2) is 9.78 Å². The second-order valence-electron chi connectivity index (χ2n) is 9.78. The number of amides is 1. The van der Waals surface area contributed by atoms with Gasteiger partial charge in [-0.05, 0) is 25.0 Å². The Labute approximate surface area is 239 Å². The van der Waals surface area contributed by atoms with E-state index in [1.54, 1.807) is 6.92 Å². The summed E-state index contributed by atoms with van der Waals surface area (Å²) in [4.78, 5) is 41.8. The van der Waals surface area contributed by atoms with Crippen LogP contribution < -0.4 is 19.5 Å². The number of cyclic esters (lactones) is 1. The van der Waals surface area contributed by atoms with Crippen LogP contribution >= 0.6 is 0 Å². The molecule has 4 atom stereocenters. The lowest BCUT2D eigenvalue weighted by atomic mass is 10.1. The fourth-order valence-corrected chi connectivity index (χ4v) is 3.99. The van der Waals surface area contributed by atoms with Crippen molar-refractivity contribution in [1.29, 1.82) is 0 Å². The molecular weight excluding hydrogens is 536 g/mol. The van der Waals surface area contributed by atoms with E-state index in [-0.39, 0.29) is 42.7 Å². The van der Waals surface area contributed by atoms with Crippen molar-refractivity contribution in [2.24, 2.45) is 5.92 Å². The maximum absolute atomic E-state index is 13.3. The number of carbonyl (C=O) groups is 3. The molecule has 1 aromatic carbocycles. The topological polar surface area (TPSA) is 141 Å². The van der Waals surface area contributed by atoms with Gasteiger partial charge in [0.15, 0.2) is 23.3 Å². The maximum atomic E-state index is 13.3. The highest BCUT2D eigenvalue weighted by Crippen LogP contribution is 2.30. The third kappa shape index (κ3) is 9.61. The van der Waals surface area contributed by atoms with Crippen molar-refractivity contribution >= 4 is 17.8 Å². The van der Waals surface area contributed by atoms with Crippen molar-refractivity contribution in [3.63, 3.8) is 0 Å². The van der Waals surface area contributed by atoms with E-state index in [4.69, 9.17) is 33.2 Å². The van der Waals surface area contributed by atoms with Crippen LogP contribution in [0.15, 0.2) is 42.6 Å². The third-order valence-corrected chi connectivity index (χ3v) is 5.98. The molecule has 1 fully saturated rings. The highest BCUT2D eigenvalue weighted by molar-refractivity contribution is 5.98. The number of hydrogen-bond acceptors (Lipinski definition) is 11. The molecule has 0 radical (unpaired) electrons. The Morgan fingerprint density at radius 1 is 1.17 bits per heavy atom. The number of hydrogen-bond donors (Lipinski definition) is 1. The number of aromatic nitrogens is 1. The van der Waals surface area contributed by atoms with Crippen LogP contribution in [-0.4, -0.2) is 80.9 Å². The van der Waals surface area contributed by atoms with Crippen molar-refractivity contribution < 1.29 is 47.5 Å². The first-order valence-corrected chi connectivity index (χ1v) is 13.4. The van der Waals surface area contributed by atoms with Gasteiger partial charge in [0.1, 0.15) is 24.0 Å². The fraction of sp³-hybridized carbons (Fsp3) is 0.517. The van der Waals surface area contributed by atoms with Gasteiger partial charge in [0.25, 0.3) is 5.91 Å². The van der Waals surface area contributed by atoms with Gasteiger partial charge < -0.3 is 38.5 Å². The molecule has 2 aromatic rings. The van der Waals surface area contributed by atoms with Crippen molar-refractivity contribution in [1.82, 2.24) is 10.3 Å². The Bertz CT molecular complexity index is 1140. The van der Waals surface area contributed by atoms with Gasteiger partial charge in [-0.3, -0.25) is 9.59 Å². The van der Waals surface area contributed by atoms with Crippen LogP contribution in [0.2, 0.25) is 0 Å². The summed E-state index contributed by atoms with van der Waals surface area (Å²) in [6.45, 7) is 7.23. The highest BCUT2D eigenvalue weighted by atomic mass is 16.7. The lowest BCUT2D eigenvalue weighted by Gasteiger charge is -2.34. The van der Waals surface area contributed by atoms with E-state index in [1.807, 2.05) is 44.2 Å². The number of nitrogens with zero attached hydrogens (tertiary/aromatic N) is 1. The standard InChI is InChI=1S/C29H38N2O10/c1-18(2)15-37-26-19(3)40-29(34)22(12-14-36-16-24(26)41-21-9-7-6-8-10-21)31-28(33)25-27(39-17-38-20(4)32)23(35-5)11-13-30-25/h6-11,13,18-19,22,24,26H,12,14-17H2,1-5H3,(H,31,33)/t19-,22-,24-,26-/m0/s1. The van der Waals surface area contributed by atoms with Gasteiger partial charge in [0.2, 0.25) is 6.79 Å². The van der Waals surface area contributed by atoms with Crippen LogP contribution in [0.25, 0.3) is 0 Å². The van der Waals surface area contributed by atoms with Crippen LogP contribution in [-0.2, 0) is 28.5 Å². The average molecular weight is 575 g/mol. The van der Waals surface area contributed by atoms with Crippen molar-refractivity contribution in [3.05, 3.63) is 48.3 Å². The number of carbonyl (C=O) groups excluding carboxylic acids is 3. The minimum Gasteiger partial charge on any atom is -0.493 e. The molecule has 41 heavy (non-hydrogen) atoms. The zero-order chi connectivity index (χ0) is 29.8. The number of esters is 2. The average Bonchev–Trinajstić information content (AvgIpc) is 2.94. The van der Waals surface area contributed by atoms with Gasteiger partial charge in [-0.15, -0.1) is 0 Å². The Kier molecular flexibility index (Phi) is 12.2. The number of nitrogens with one attached hydrogen (secondary N) is 1. The van der Waals surface area contributed by atoms with Crippen LogP contribution in [0.1, 0.15) is 44.6 Å². The molecule has 224 valence electrons. The molecule has 0 aliphatic carbocycles. The van der Waals surface area contributed by atoms with E-state index in [9.17, 15) is 14.4 Å². The number of pyridine rings is 1. The zero-order valence-corrected chi connectivity index (χ0v) is 24.0. The molecule has 12 nitrogen and oxygen atoms in total. The molecule has 0 unspecified atom stereocenters. The Morgan fingerprint density at radius 3 is 2.61 bits per heavy atom. The molecule has 1 aromatic heterocycles. The minimum absolute atomic E-state index is 0.0466. The van der Waals surface area contributed by atoms with Gasteiger partial charge in [0, 0.05) is 38.8 Å². The lowest BCUT2D eigenvalue weighted by molar-refractivity contribution is -0.171. The van der Waals surface area contributed by atoms with Gasteiger partial charge in [-0.1, -0.05) is 32.0 Å². The first-order chi connectivity index (χ1) is 19.7. The van der Waals surface area contributed by atoms with E-state index < -0.39 is 49.0 Å². The molecule has 0 saturated carbocycles. The Hall–Kier alpha value is -3.90. The van der Waals surface area contributed by atoms with Gasteiger partial charge in [-0.2, -0.15) is 0 Å². The quantitative estimate of drug-likeness (QED) is 0.313. The summed E-state index contributed by atoms with van der Waals surface area (Å²) in [5.74, 6) is -0.940. The molecule has 12 heteroatoms. The minimum atomic E-state index is -1.06. The third-order valence-electron chi connectivity index (χ3n) is 5.98. The summed E-state index contributed by atoms with van der Waals surface area (Å²) in [6, 6.07) is 9.70. The molecule has 0 bridgehead atoms. The first-order valence-electron chi connectivity index (χ1n) is 13.4. The zero-order valence-electron chi connectivity index (χ0n) is 24.0. The maximum Gasteiger partial charge on any atom is 0.329 e. The monoisotopic (exact) mass is 574 g/mol. The van der Waals surface area contributed by atoms with Crippen LogP contribution in [0.3, 0.4) is 0 Å². The summed E-state index contributed by atoms with van der Waals surface area (Å²) in [6.07, 6.45) is -0.443. The number of ether oxygens (including phenoxy) is 7. The molecule has 1 N–H and O–H groups in total. The fourth-order valence-electron chi connectivity index (χ4n) is 3.99. The summed E-state index contributed by atoms with van der Waals surface area (Å²) in [5, 5.41) is 2.66. The van der Waals surface area contributed by atoms with Gasteiger partial charge >= 0.3 is 11.9 Å².